The lowest BCUT2D eigenvalue weighted by Crippen LogP contribution is -2.49. The van der Waals surface area contributed by atoms with E-state index in [1.54, 1.807) is 6.92 Å². The first-order chi connectivity index (χ1) is 11.0. The first-order valence-corrected chi connectivity index (χ1v) is 8.59. The van der Waals surface area contributed by atoms with E-state index in [1.165, 1.54) is 0 Å². The minimum Gasteiger partial charge on any atom is -0.491 e. The Labute approximate surface area is 140 Å². The number of rotatable bonds is 6. The Bertz CT molecular complexity index is 437. The number of hydrogen-bond acceptors (Lipinski definition) is 5. The third-order valence-electron chi connectivity index (χ3n) is 4.59. The number of piperidine rings is 1. The van der Waals surface area contributed by atoms with E-state index in [2.05, 4.69) is 30.9 Å². The van der Waals surface area contributed by atoms with Crippen LogP contribution in [0.15, 0.2) is 11.5 Å². The van der Waals surface area contributed by atoms with Gasteiger partial charge in [0.2, 0.25) is 5.76 Å². The highest BCUT2D eigenvalue weighted by atomic mass is 16.6. The van der Waals surface area contributed by atoms with Crippen molar-refractivity contribution >= 4 is 5.91 Å². The molecule has 0 aliphatic carbocycles. The van der Waals surface area contributed by atoms with E-state index in [-0.39, 0.29) is 5.91 Å². The zero-order valence-electron chi connectivity index (χ0n) is 15.0. The Morgan fingerprint density at radius 2 is 1.96 bits per heavy atom. The van der Waals surface area contributed by atoms with Crippen molar-refractivity contribution in [3.8, 4) is 0 Å². The molecule has 1 fully saturated rings. The summed E-state index contributed by atoms with van der Waals surface area (Å²) in [4.78, 5) is 19.2. The molecule has 23 heavy (non-hydrogen) atoms. The maximum Gasteiger partial charge on any atom is 0.292 e. The molecule has 0 saturated carbocycles. The second kappa shape index (κ2) is 8.55. The first-order valence-electron chi connectivity index (χ1n) is 8.59. The molecule has 0 aromatic rings. The van der Waals surface area contributed by atoms with Crippen molar-refractivity contribution in [2.45, 2.75) is 32.2 Å². The van der Waals surface area contributed by atoms with Gasteiger partial charge in [-0.05, 0) is 60.4 Å². The predicted octanol–water partition coefficient (Wildman–Crippen LogP) is 1.14. The van der Waals surface area contributed by atoms with Crippen LogP contribution < -0.4 is 0 Å². The smallest absolute Gasteiger partial charge is 0.292 e. The number of carbonyl (C=O) groups excluding carboxylic acids is 1. The molecule has 2 rings (SSSR count). The normalized spacial score (nSPS) is 22.3. The summed E-state index contributed by atoms with van der Waals surface area (Å²) in [7, 11) is 6.37. The molecule has 0 spiro atoms. The van der Waals surface area contributed by atoms with Crippen LogP contribution in [0.2, 0.25) is 0 Å². The molecular weight excluding hydrogens is 294 g/mol. The molecule has 6 nitrogen and oxygen atoms in total. The summed E-state index contributed by atoms with van der Waals surface area (Å²) in [5, 5.41) is 0. The summed E-state index contributed by atoms with van der Waals surface area (Å²) < 4.78 is 11.0. The van der Waals surface area contributed by atoms with Crippen molar-refractivity contribution in [1.82, 2.24) is 14.7 Å². The predicted molar refractivity (Wildman–Crippen MR) is 90.0 cm³/mol. The third-order valence-corrected chi connectivity index (χ3v) is 4.59. The van der Waals surface area contributed by atoms with Gasteiger partial charge >= 0.3 is 0 Å². The lowest BCUT2D eigenvalue weighted by molar-refractivity contribution is -0.134. The van der Waals surface area contributed by atoms with E-state index in [9.17, 15) is 4.79 Å². The van der Waals surface area contributed by atoms with Gasteiger partial charge in [0.1, 0.15) is 19.0 Å². The molecule has 132 valence electrons. The van der Waals surface area contributed by atoms with Crippen LogP contribution in [0.25, 0.3) is 0 Å². The fraction of sp³-hybridized carbons (Fsp3) is 0.824. The quantitative estimate of drug-likeness (QED) is 0.733. The Kier molecular flexibility index (Phi) is 6.72. The minimum absolute atomic E-state index is 0.0198. The fourth-order valence-corrected chi connectivity index (χ4v) is 3.18. The maximum absolute atomic E-state index is 12.7. The van der Waals surface area contributed by atoms with Crippen molar-refractivity contribution in [2.24, 2.45) is 0 Å². The van der Waals surface area contributed by atoms with E-state index >= 15 is 0 Å². The van der Waals surface area contributed by atoms with Crippen LogP contribution in [0, 0.1) is 0 Å². The van der Waals surface area contributed by atoms with Gasteiger partial charge in [0.05, 0.1) is 0 Å². The molecule has 0 bridgehead atoms. The van der Waals surface area contributed by atoms with Gasteiger partial charge in [0, 0.05) is 19.1 Å². The second-order valence-corrected chi connectivity index (χ2v) is 6.77. The Morgan fingerprint density at radius 3 is 2.65 bits per heavy atom. The van der Waals surface area contributed by atoms with Gasteiger partial charge in [0.15, 0.2) is 0 Å². The van der Waals surface area contributed by atoms with E-state index in [4.69, 9.17) is 9.47 Å². The summed E-state index contributed by atoms with van der Waals surface area (Å²) in [5.41, 5.74) is 0. The number of amides is 1. The van der Waals surface area contributed by atoms with Crippen LogP contribution >= 0.6 is 0 Å². The topological polar surface area (TPSA) is 45.3 Å². The average molecular weight is 325 g/mol. The molecule has 0 radical (unpaired) electrons. The largest absolute Gasteiger partial charge is 0.491 e. The van der Waals surface area contributed by atoms with Crippen LogP contribution in [-0.4, -0.2) is 87.2 Å². The molecule has 1 atom stereocenters. The summed E-state index contributed by atoms with van der Waals surface area (Å²) >= 11 is 0. The molecule has 2 aliphatic rings. The number of likely N-dealkylation sites (N-methyl/N-ethyl adjacent to an activating group) is 1. The minimum atomic E-state index is -0.0198. The molecule has 1 amide bonds. The van der Waals surface area contributed by atoms with Crippen molar-refractivity contribution in [1.29, 1.82) is 0 Å². The lowest BCUT2D eigenvalue weighted by Gasteiger charge is -2.38. The summed E-state index contributed by atoms with van der Waals surface area (Å²) in [5.74, 6) is 0.989. The van der Waals surface area contributed by atoms with Crippen LogP contribution in [0.4, 0.5) is 0 Å². The van der Waals surface area contributed by atoms with Gasteiger partial charge in [-0.2, -0.15) is 0 Å². The Hall–Kier alpha value is -1.27. The molecule has 6 heteroatoms. The van der Waals surface area contributed by atoms with Gasteiger partial charge in [-0.1, -0.05) is 0 Å². The van der Waals surface area contributed by atoms with Crippen molar-refractivity contribution in [3.63, 3.8) is 0 Å². The molecule has 0 N–H and O–H groups in total. The highest BCUT2D eigenvalue weighted by molar-refractivity contribution is 5.92. The summed E-state index contributed by atoms with van der Waals surface area (Å²) in [6.07, 6.45) is 3.34. The molecule has 0 aromatic heterocycles. The Morgan fingerprint density at radius 1 is 1.22 bits per heavy atom. The number of nitrogens with zero attached hydrogens (tertiary/aromatic N) is 3. The maximum atomic E-state index is 12.7. The zero-order chi connectivity index (χ0) is 16.8. The first kappa shape index (κ1) is 18.1. The van der Waals surface area contributed by atoms with Gasteiger partial charge < -0.3 is 24.2 Å². The molecule has 1 saturated heterocycles. The Balaban J connectivity index is 1.88. The number of likely N-dealkylation sites (tertiary alicyclic amines) is 1. The van der Waals surface area contributed by atoms with Gasteiger partial charge in [0.25, 0.3) is 5.91 Å². The number of allylic oxidation sites excluding steroid dienone is 1. The second-order valence-electron chi connectivity index (χ2n) is 6.77. The van der Waals surface area contributed by atoms with Gasteiger partial charge in [-0.15, -0.1) is 0 Å². The summed E-state index contributed by atoms with van der Waals surface area (Å²) in [6, 6.07) is 0.431. The van der Waals surface area contributed by atoms with Crippen molar-refractivity contribution in [3.05, 3.63) is 11.5 Å². The van der Waals surface area contributed by atoms with E-state index in [0.29, 0.717) is 30.8 Å². The van der Waals surface area contributed by atoms with Gasteiger partial charge in [-0.3, -0.25) is 4.79 Å². The molecule has 0 aromatic carbocycles. The van der Waals surface area contributed by atoms with Gasteiger partial charge in [-0.25, -0.2) is 0 Å². The molecular formula is C17H31N3O3. The summed E-state index contributed by atoms with van der Waals surface area (Å²) in [6.45, 7) is 6.53. The van der Waals surface area contributed by atoms with Crippen molar-refractivity contribution < 1.29 is 14.3 Å². The van der Waals surface area contributed by atoms with Crippen LogP contribution in [-0.2, 0) is 14.3 Å². The number of ether oxygens (including phenoxy) is 2. The number of hydrogen-bond donors (Lipinski definition) is 0. The lowest BCUT2D eigenvalue weighted by atomic mass is 10.0. The fourth-order valence-electron chi connectivity index (χ4n) is 3.18. The van der Waals surface area contributed by atoms with Crippen LogP contribution in [0.1, 0.15) is 26.2 Å². The van der Waals surface area contributed by atoms with Crippen LogP contribution in [0.3, 0.4) is 0 Å². The highest BCUT2D eigenvalue weighted by Gasteiger charge is 2.30. The molecule has 1 unspecified atom stereocenters. The van der Waals surface area contributed by atoms with E-state index < -0.39 is 0 Å². The molecule has 2 aliphatic heterocycles. The van der Waals surface area contributed by atoms with Crippen molar-refractivity contribution in [2.75, 3.05) is 60.5 Å². The standard InChI is InChI=1S/C17H31N3O3/c1-14-16(23-12-11-22-14)17(21)20-10-5-7-15(13-20)19(4)9-6-8-18(2)3/h15H,5-13H2,1-4H3. The van der Waals surface area contributed by atoms with E-state index in [0.717, 1.165) is 45.4 Å². The monoisotopic (exact) mass is 325 g/mol. The highest BCUT2D eigenvalue weighted by Crippen LogP contribution is 2.20. The molecule has 2 heterocycles. The SMILES string of the molecule is CC1=C(C(=O)N2CCCC(N(C)CCCN(C)C)C2)OCCO1. The van der Waals surface area contributed by atoms with E-state index in [1.807, 2.05) is 4.90 Å². The number of carbonyl (C=O) groups is 1. The third kappa shape index (κ3) is 5.11. The zero-order valence-corrected chi connectivity index (χ0v) is 15.0. The average Bonchev–Trinajstić information content (AvgIpc) is 2.54. The van der Waals surface area contributed by atoms with Crippen LogP contribution in [0.5, 0.6) is 0 Å².